The summed E-state index contributed by atoms with van der Waals surface area (Å²) < 4.78 is 36.3. The van der Waals surface area contributed by atoms with Gasteiger partial charge < -0.3 is 9.64 Å². The highest BCUT2D eigenvalue weighted by atomic mass is 19.4. The number of carbonyl (C=O) groups excluding carboxylic acids is 1. The van der Waals surface area contributed by atoms with Gasteiger partial charge in [0.05, 0.1) is 7.11 Å². The zero-order chi connectivity index (χ0) is 25.2. The fourth-order valence-electron chi connectivity index (χ4n) is 3.80. The molecule has 0 bridgehead atoms. The summed E-state index contributed by atoms with van der Waals surface area (Å²) >= 11 is 0. The van der Waals surface area contributed by atoms with Crippen molar-refractivity contribution in [3.63, 3.8) is 0 Å². The van der Waals surface area contributed by atoms with Gasteiger partial charge in [-0.05, 0) is 38.9 Å². The predicted molar refractivity (Wildman–Crippen MR) is 135 cm³/mol. The molecule has 0 amide bonds. The Morgan fingerprint density at radius 3 is 1.06 bits per heavy atom. The number of carbonyl (C=O) groups is 1. The molecule has 0 fully saturated rings. The Hall–Kier alpha value is -0.780. The van der Waals surface area contributed by atoms with Gasteiger partial charge in [-0.15, -0.1) is 0 Å². The van der Waals surface area contributed by atoms with Gasteiger partial charge >= 0.3 is 12.1 Å². The van der Waals surface area contributed by atoms with Gasteiger partial charge in [0.2, 0.25) is 0 Å². The van der Waals surface area contributed by atoms with Crippen LogP contribution in [0.15, 0.2) is 0 Å². The number of nitrogens with zero attached hydrogens (tertiary/aromatic N) is 1. The summed E-state index contributed by atoms with van der Waals surface area (Å²) in [6.07, 6.45) is 20.9. The van der Waals surface area contributed by atoms with E-state index in [0.29, 0.717) is 7.11 Å². The van der Waals surface area contributed by atoms with E-state index in [1.54, 1.807) is 0 Å². The van der Waals surface area contributed by atoms with Crippen LogP contribution in [0.2, 0.25) is 0 Å². The van der Waals surface area contributed by atoms with Gasteiger partial charge in [0.25, 0.3) is 0 Å². The van der Waals surface area contributed by atoms with E-state index in [4.69, 9.17) is 0 Å². The van der Waals surface area contributed by atoms with Crippen LogP contribution in [0.3, 0.4) is 0 Å². The zero-order valence-electron chi connectivity index (χ0n) is 22.2. The average Bonchev–Trinajstić information content (AvgIpc) is 2.79. The Morgan fingerprint density at radius 2 is 0.848 bits per heavy atom. The minimum absolute atomic E-state index is 0.676. The van der Waals surface area contributed by atoms with Crippen LogP contribution in [0.5, 0.6) is 0 Å². The SMILES string of the molecule is CCCCCCCCN(CCCCCCCC)CCCCCCCC.COC(=O)C(F)(F)F. The molecule has 0 atom stereocenters. The van der Waals surface area contributed by atoms with Gasteiger partial charge in [-0.1, -0.05) is 117 Å². The molecule has 0 aliphatic heterocycles. The van der Waals surface area contributed by atoms with Crippen LogP contribution in [0, 0.1) is 0 Å². The molecule has 0 unspecified atom stereocenters. The van der Waals surface area contributed by atoms with Crippen LogP contribution in [0.25, 0.3) is 0 Å². The molecule has 0 aromatic rings. The maximum atomic E-state index is 11.0. The molecule has 0 aromatic heterocycles. The number of hydrogen-bond donors (Lipinski definition) is 0. The minimum Gasteiger partial charge on any atom is -0.462 e. The molecular weight excluding hydrogens is 427 g/mol. The number of esters is 1. The van der Waals surface area contributed by atoms with Crippen molar-refractivity contribution >= 4 is 5.97 Å². The number of halogens is 3. The van der Waals surface area contributed by atoms with E-state index in [0.717, 1.165) is 0 Å². The highest BCUT2D eigenvalue weighted by Gasteiger charge is 2.40. The largest absolute Gasteiger partial charge is 0.490 e. The first-order valence-corrected chi connectivity index (χ1v) is 13.7. The fraction of sp³-hybridized carbons (Fsp3) is 0.963. The Bertz CT molecular complexity index is 365. The highest BCUT2D eigenvalue weighted by Crippen LogP contribution is 2.15. The first-order valence-electron chi connectivity index (χ1n) is 13.7. The lowest BCUT2D eigenvalue weighted by atomic mass is 10.1. The molecular formula is C27H54F3NO2. The third kappa shape index (κ3) is 27.3. The van der Waals surface area contributed by atoms with Crippen molar-refractivity contribution in [1.29, 1.82) is 0 Å². The third-order valence-corrected chi connectivity index (χ3v) is 5.90. The van der Waals surface area contributed by atoms with E-state index in [2.05, 4.69) is 30.4 Å². The van der Waals surface area contributed by atoms with E-state index < -0.39 is 12.1 Å². The van der Waals surface area contributed by atoms with E-state index in [1.165, 1.54) is 135 Å². The van der Waals surface area contributed by atoms with Gasteiger partial charge in [-0.2, -0.15) is 13.2 Å². The molecule has 0 spiro atoms. The second kappa shape index (κ2) is 25.8. The number of rotatable bonds is 21. The summed E-state index contributed by atoms with van der Waals surface area (Å²) in [5.74, 6) is -2.17. The van der Waals surface area contributed by atoms with Crippen molar-refractivity contribution in [1.82, 2.24) is 4.90 Å². The molecule has 6 heteroatoms. The summed E-state index contributed by atoms with van der Waals surface area (Å²) in [7, 11) is 0.676. The van der Waals surface area contributed by atoms with Crippen molar-refractivity contribution in [2.24, 2.45) is 0 Å². The molecule has 0 rings (SSSR count). The normalized spacial score (nSPS) is 11.4. The van der Waals surface area contributed by atoms with Crippen LogP contribution in [-0.2, 0) is 9.53 Å². The standard InChI is InChI=1S/C24H51N.C3H3F3O2/c1-4-7-10-13-16-19-22-25(23-20-17-14-11-8-5-2)24-21-18-15-12-9-6-3;1-8-2(7)3(4,5)6/h4-24H2,1-3H3;1H3. The van der Waals surface area contributed by atoms with Gasteiger partial charge in [-0.3, -0.25) is 0 Å². The van der Waals surface area contributed by atoms with Crippen LogP contribution in [0.1, 0.15) is 136 Å². The molecule has 200 valence electrons. The second-order valence-electron chi connectivity index (χ2n) is 9.13. The molecule has 0 saturated carbocycles. The van der Waals surface area contributed by atoms with Crippen molar-refractivity contribution in [2.45, 2.75) is 143 Å². The second-order valence-corrected chi connectivity index (χ2v) is 9.13. The maximum Gasteiger partial charge on any atom is 0.490 e. The van der Waals surface area contributed by atoms with Crippen LogP contribution in [-0.4, -0.2) is 43.8 Å². The van der Waals surface area contributed by atoms with Crippen LogP contribution in [0.4, 0.5) is 13.2 Å². The van der Waals surface area contributed by atoms with Crippen molar-refractivity contribution in [3.05, 3.63) is 0 Å². The molecule has 0 N–H and O–H groups in total. The topological polar surface area (TPSA) is 29.5 Å². The van der Waals surface area contributed by atoms with Crippen LogP contribution < -0.4 is 0 Å². The molecule has 0 saturated heterocycles. The predicted octanol–water partition coefficient (Wildman–Crippen LogP) is 9.09. The smallest absolute Gasteiger partial charge is 0.462 e. The zero-order valence-corrected chi connectivity index (χ0v) is 22.2. The fourth-order valence-corrected chi connectivity index (χ4v) is 3.80. The molecule has 0 aliphatic carbocycles. The van der Waals surface area contributed by atoms with Gasteiger partial charge in [0.15, 0.2) is 0 Å². The van der Waals surface area contributed by atoms with Crippen LogP contribution >= 0.6 is 0 Å². The monoisotopic (exact) mass is 481 g/mol. The summed E-state index contributed by atoms with van der Waals surface area (Å²) in [6.45, 7) is 11.0. The summed E-state index contributed by atoms with van der Waals surface area (Å²) in [5, 5.41) is 0. The lowest BCUT2D eigenvalue weighted by molar-refractivity contribution is -0.196. The first kappa shape index (κ1) is 34.4. The van der Waals surface area contributed by atoms with E-state index in [9.17, 15) is 18.0 Å². The molecule has 0 aromatic carbocycles. The van der Waals surface area contributed by atoms with Crippen molar-refractivity contribution in [3.8, 4) is 0 Å². The molecule has 3 nitrogen and oxygen atoms in total. The lowest BCUT2D eigenvalue weighted by Gasteiger charge is -2.22. The van der Waals surface area contributed by atoms with E-state index >= 15 is 0 Å². The van der Waals surface area contributed by atoms with E-state index in [-0.39, 0.29) is 0 Å². The molecule has 0 radical (unpaired) electrons. The number of alkyl halides is 3. The van der Waals surface area contributed by atoms with E-state index in [1.807, 2.05) is 0 Å². The number of hydrogen-bond acceptors (Lipinski definition) is 3. The molecule has 33 heavy (non-hydrogen) atoms. The summed E-state index contributed by atoms with van der Waals surface area (Å²) in [5.41, 5.74) is 0. The van der Waals surface area contributed by atoms with Gasteiger partial charge in [0.1, 0.15) is 0 Å². The first-order chi connectivity index (χ1) is 15.8. The maximum absolute atomic E-state index is 11.0. The number of ether oxygens (including phenoxy) is 1. The Kier molecular flexibility index (Phi) is 26.9. The lowest BCUT2D eigenvalue weighted by Crippen LogP contribution is -2.27. The Balaban J connectivity index is 0. The van der Waals surface area contributed by atoms with Gasteiger partial charge in [-0.25, -0.2) is 4.79 Å². The Morgan fingerprint density at radius 1 is 0.576 bits per heavy atom. The quantitative estimate of drug-likeness (QED) is 0.121. The highest BCUT2D eigenvalue weighted by molar-refractivity contribution is 5.75. The third-order valence-electron chi connectivity index (χ3n) is 5.90. The van der Waals surface area contributed by atoms with Crippen molar-refractivity contribution in [2.75, 3.05) is 26.7 Å². The Labute approximate surface area is 203 Å². The summed E-state index contributed by atoms with van der Waals surface area (Å²) in [6, 6.07) is 0. The number of unbranched alkanes of at least 4 members (excludes halogenated alkanes) is 15. The molecule has 0 aliphatic rings. The average molecular weight is 482 g/mol. The van der Waals surface area contributed by atoms with Crippen molar-refractivity contribution < 1.29 is 22.7 Å². The summed E-state index contributed by atoms with van der Waals surface area (Å²) in [4.78, 5) is 12.3. The molecule has 0 heterocycles. The minimum atomic E-state index is -4.85. The number of methoxy groups -OCH3 is 1. The van der Waals surface area contributed by atoms with Gasteiger partial charge in [0, 0.05) is 0 Å².